The number of methoxy groups -OCH3 is 1. The number of esters is 1. The van der Waals surface area contributed by atoms with Crippen LogP contribution in [0, 0.1) is 0 Å². The highest BCUT2D eigenvalue weighted by molar-refractivity contribution is 9.10. The maximum Gasteiger partial charge on any atom is 0.337 e. The van der Waals surface area contributed by atoms with Crippen molar-refractivity contribution in [2.75, 3.05) is 12.9 Å². The summed E-state index contributed by atoms with van der Waals surface area (Å²) in [5.41, 5.74) is 1.81. The molecule has 0 N–H and O–H groups in total. The van der Waals surface area contributed by atoms with Crippen LogP contribution in [0.3, 0.4) is 0 Å². The smallest absolute Gasteiger partial charge is 0.337 e. The largest absolute Gasteiger partial charge is 0.465 e. The van der Waals surface area contributed by atoms with E-state index in [0.29, 0.717) is 5.56 Å². The van der Waals surface area contributed by atoms with Crippen molar-refractivity contribution < 1.29 is 9.53 Å². The minimum absolute atomic E-state index is 0.295. The molecule has 0 spiro atoms. The van der Waals surface area contributed by atoms with Crippen LogP contribution in [0.1, 0.15) is 35.7 Å². The molecule has 1 rings (SSSR count). The number of rotatable bonds is 6. The Hall–Kier alpha value is -0.480. The molecule has 0 aliphatic carbocycles. The van der Waals surface area contributed by atoms with Crippen molar-refractivity contribution in [3.8, 4) is 0 Å². The second kappa shape index (κ2) is 7.77. The number of hydrogen-bond acceptors (Lipinski definition) is 3. The predicted molar refractivity (Wildman–Crippen MR) is 76.6 cm³/mol. The fourth-order valence-electron chi connectivity index (χ4n) is 1.34. The second-order valence-electron chi connectivity index (χ2n) is 3.70. The Bertz CT molecular complexity index is 380. The van der Waals surface area contributed by atoms with E-state index in [2.05, 4.69) is 27.6 Å². The van der Waals surface area contributed by atoms with Crippen molar-refractivity contribution in [2.24, 2.45) is 0 Å². The van der Waals surface area contributed by atoms with Gasteiger partial charge in [-0.05, 0) is 29.9 Å². The van der Waals surface area contributed by atoms with Crippen LogP contribution in [0.15, 0.2) is 22.7 Å². The molecular weight excluding hydrogens is 300 g/mol. The first-order chi connectivity index (χ1) is 8.19. The minimum atomic E-state index is -0.295. The van der Waals surface area contributed by atoms with Crippen molar-refractivity contribution in [3.63, 3.8) is 0 Å². The maximum absolute atomic E-state index is 11.3. The lowest BCUT2D eigenvalue weighted by Crippen LogP contribution is -2.01. The van der Waals surface area contributed by atoms with Crippen LogP contribution in [0.2, 0.25) is 0 Å². The van der Waals surface area contributed by atoms with E-state index < -0.39 is 0 Å². The number of unbranched alkanes of at least 4 members (excludes halogenated alkanes) is 1. The minimum Gasteiger partial charge on any atom is -0.465 e. The molecule has 0 radical (unpaired) electrons. The van der Waals surface area contributed by atoms with Gasteiger partial charge in [-0.1, -0.05) is 35.3 Å². The number of carbonyl (C=O) groups excluding carboxylic acids is 1. The molecule has 0 bridgehead atoms. The Labute approximate surface area is 115 Å². The molecular formula is C13H17BrO2S. The van der Waals surface area contributed by atoms with E-state index in [1.807, 2.05) is 30.0 Å². The van der Waals surface area contributed by atoms with E-state index in [0.717, 1.165) is 10.2 Å². The number of carbonyl (C=O) groups is 1. The van der Waals surface area contributed by atoms with E-state index in [1.165, 1.54) is 31.3 Å². The predicted octanol–water partition coefficient (Wildman–Crippen LogP) is 4.27. The molecule has 2 nitrogen and oxygen atoms in total. The zero-order valence-corrected chi connectivity index (χ0v) is 12.6. The zero-order chi connectivity index (χ0) is 12.7. The summed E-state index contributed by atoms with van der Waals surface area (Å²) in [7, 11) is 1.39. The quantitative estimate of drug-likeness (QED) is 0.579. The third kappa shape index (κ3) is 4.72. The standard InChI is InChI=1S/C13H17BrO2S/c1-3-4-7-17-9-11-6-5-10(8-12(11)14)13(15)16-2/h5-6,8H,3-4,7,9H2,1-2H3. The molecule has 0 aliphatic heterocycles. The molecule has 0 aromatic heterocycles. The molecule has 0 heterocycles. The summed E-state index contributed by atoms with van der Waals surface area (Å²) >= 11 is 5.41. The van der Waals surface area contributed by atoms with Gasteiger partial charge in [-0.15, -0.1) is 0 Å². The van der Waals surface area contributed by atoms with Crippen molar-refractivity contribution in [1.29, 1.82) is 0 Å². The van der Waals surface area contributed by atoms with Crippen LogP contribution in [-0.2, 0) is 10.5 Å². The highest BCUT2D eigenvalue weighted by Gasteiger charge is 2.08. The van der Waals surface area contributed by atoms with E-state index >= 15 is 0 Å². The van der Waals surface area contributed by atoms with Gasteiger partial charge in [-0.3, -0.25) is 0 Å². The number of ether oxygens (including phenoxy) is 1. The van der Waals surface area contributed by atoms with Crippen LogP contribution in [0.4, 0.5) is 0 Å². The van der Waals surface area contributed by atoms with Gasteiger partial charge in [0.25, 0.3) is 0 Å². The molecule has 0 fully saturated rings. The Morgan fingerprint density at radius 1 is 1.47 bits per heavy atom. The van der Waals surface area contributed by atoms with Crippen molar-refractivity contribution in [3.05, 3.63) is 33.8 Å². The average molecular weight is 317 g/mol. The topological polar surface area (TPSA) is 26.3 Å². The lowest BCUT2D eigenvalue weighted by Gasteiger charge is -2.06. The van der Waals surface area contributed by atoms with Gasteiger partial charge in [0.05, 0.1) is 12.7 Å². The maximum atomic E-state index is 11.3. The average Bonchev–Trinajstić information content (AvgIpc) is 2.35. The van der Waals surface area contributed by atoms with E-state index in [9.17, 15) is 4.79 Å². The molecule has 0 saturated heterocycles. The Kier molecular flexibility index (Phi) is 6.66. The first-order valence-corrected chi connectivity index (χ1v) is 7.58. The summed E-state index contributed by atoms with van der Waals surface area (Å²) in [5.74, 6) is 1.86. The Morgan fingerprint density at radius 2 is 2.24 bits per heavy atom. The monoisotopic (exact) mass is 316 g/mol. The Morgan fingerprint density at radius 3 is 2.82 bits per heavy atom. The van der Waals surface area contributed by atoms with Gasteiger partial charge in [-0.2, -0.15) is 11.8 Å². The van der Waals surface area contributed by atoms with E-state index in [-0.39, 0.29) is 5.97 Å². The van der Waals surface area contributed by atoms with Gasteiger partial charge in [-0.25, -0.2) is 4.79 Å². The van der Waals surface area contributed by atoms with Gasteiger partial charge in [0.2, 0.25) is 0 Å². The zero-order valence-electron chi connectivity index (χ0n) is 10.2. The number of halogens is 1. The molecule has 1 aromatic carbocycles. The third-order valence-electron chi connectivity index (χ3n) is 2.37. The van der Waals surface area contributed by atoms with Crippen LogP contribution in [-0.4, -0.2) is 18.8 Å². The summed E-state index contributed by atoms with van der Waals surface area (Å²) in [5, 5.41) is 0. The third-order valence-corrected chi connectivity index (χ3v) is 4.20. The van der Waals surface area contributed by atoms with Crippen LogP contribution in [0.25, 0.3) is 0 Å². The molecule has 0 amide bonds. The highest BCUT2D eigenvalue weighted by Crippen LogP contribution is 2.24. The molecule has 0 unspecified atom stereocenters. The summed E-state index contributed by atoms with van der Waals surface area (Å²) in [6, 6.07) is 5.61. The fraction of sp³-hybridized carbons (Fsp3) is 0.462. The first kappa shape index (κ1) is 14.6. The molecule has 94 valence electrons. The number of hydrogen-bond donors (Lipinski definition) is 0. The second-order valence-corrected chi connectivity index (χ2v) is 5.66. The summed E-state index contributed by atoms with van der Waals surface area (Å²) in [6.07, 6.45) is 2.48. The lowest BCUT2D eigenvalue weighted by molar-refractivity contribution is 0.0600. The SMILES string of the molecule is CCCCSCc1ccc(C(=O)OC)cc1Br. The van der Waals surface area contributed by atoms with Crippen molar-refractivity contribution >= 4 is 33.7 Å². The van der Waals surface area contributed by atoms with Gasteiger partial charge in [0.15, 0.2) is 0 Å². The number of thioether (sulfide) groups is 1. The van der Waals surface area contributed by atoms with Crippen molar-refractivity contribution in [2.45, 2.75) is 25.5 Å². The molecule has 0 atom stereocenters. The highest BCUT2D eigenvalue weighted by atomic mass is 79.9. The first-order valence-electron chi connectivity index (χ1n) is 5.63. The molecule has 1 aromatic rings. The van der Waals surface area contributed by atoms with Crippen molar-refractivity contribution in [1.82, 2.24) is 0 Å². The molecule has 17 heavy (non-hydrogen) atoms. The molecule has 4 heteroatoms. The summed E-state index contributed by atoms with van der Waals surface area (Å²) < 4.78 is 5.66. The molecule has 0 aliphatic rings. The van der Waals surface area contributed by atoms with Gasteiger partial charge >= 0.3 is 5.97 Å². The van der Waals surface area contributed by atoms with Gasteiger partial charge in [0.1, 0.15) is 0 Å². The van der Waals surface area contributed by atoms with E-state index in [4.69, 9.17) is 0 Å². The summed E-state index contributed by atoms with van der Waals surface area (Å²) in [6.45, 7) is 2.20. The summed E-state index contributed by atoms with van der Waals surface area (Å²) in [4.78, 5) is 11.3. The number of benzene rings is 1. The fourth-order valence-corrected chi connectivity index (χ4v) is 3.15. The van der Waals surface area contributed by atoms with Gasteiger partial charge < -0.3 is 4.74 Å². The normalized spacial score (nSPS) is 10.3. The van der Waals surface area contributed by atoms with Crippen LogP contribution >= 0.6 is 27.7 Å². The van der Waals surface area contributed by atoms with Crippen LogP contribution < -0.4 is 0 Å². The van der Waals surface area contributed by atoms with E-state index in [1.54, 1.807) is 0 Å². The molecule has 0 saturated carbocycles. The van der Waals surface area contributed by atoms with Gasteiger partial charge in [0, 0.05) is 10.2 Å². The lowest BCUT2D eigenvalue weighted by atomic mass is 10.1. The Balaban J connectivity index is 2.60. The van der Waals surface area contributed by atoms with Crippen LogP contribution in [0.5, 0.6) is 0 Å².